The van der Waals surface area contributed by atoms with Gasteiger partial charge < -0.3 is 0 Å². The Bertz CT molecular complexity index is 190. The zero-order valence-corrected chi connectivity index (χ0v) is 9.00. The molecule has 0 aliphatic carbocycles. The SMILES string of the molecule is CCC(Br)C(C)S(=O)(=O)Cl. The van der Waals surface area contributed by atoms with Gasteiger partial charge in [0.15, 0.2) is 0 Å². The molecule has 0 saturated heterocycles. The van der Waals surface area contributed by atoms with E-state index < -0.39 is 14.3 Å². The first-order chi connectivity index (χ1) is 4.39. The first-order valence-electron chi connectivity index (χ1n) is 2.97. The molecule has 0 radical (unpaired) electrons. The average Bonchev–Trinajstić information content (AvgIpc) is 1.83. The van der Waals surface area contributed by atoms with Crippen molar-refractivity contribution in [3.05, 3.63) is 0 Å². The molecule has 0 bridgehead atoms. The molecular weight excluding hydrogens is 239 g/mol. The van der Waals surface area contributed by atoms with Gasteiger partial charge >= 0.3 is 0 Å². The second kappa shape index (κ2) is 3.93. The summed E-state index contributed by atoms with van der Waals surface area (Å²) in [4.78, 5) is -0.0463. The van der Waals surface area contributed by atoms with Gasteiger partial charge in [0.2, 0.25) is 9.05 Å². The Kier molecular flexibility index (Phi) is 4.21. The molecule has 0 aromatic rings. The van der Waals surface area contributed by atoms with Gasteiger partial charge in [-0.25, -0.2) is 8.42 Å². The third-order valence-corrected chi connectivity index (χ3v) is 5.19. The van der Waals surface area contributed by atoms with E-state index in [9.17, 15) is 8.42 Å². The molecule has 2 atom stereocenters. The normalized spacial score (nSPS) is 18.4. The number of alkyl halides is 1. The first-order valence-corrected chi connectivity index (χ1v) is 6.26. The van der Waals surface area contributed by atoms with Crippen molar-refractivity contribution in [2.45, 2.75) is 30.3 Å². The highest BCUT2D eigenvalue weighted by molar-refractivity contribution is 9.09. The molecule has 0 spiro atoms. The van der Waals surface area contributed by atoms with Gasteiger partial charge in [-0.1, -0.05) is 22.9 Å². The fraction of sp³-hybridized carbons (Fsp3) is 1.00. The van der Waals surface area contributed by atoms with E-state index in [0.717, 1.165) is 6.42 Å². The molecule has 5 heteroatoms. The second-order valence-electron chi connectivity index (χ2n) is 2.10. The van der Waals surface area contributed by atoms with Crippen molar-refractivity contribution >= 4 is 35.7 Å². The molecule has 0 amide bonds. The standard InChI is InChI=1S/C5H10BrClO2S/c1-3-5(6)4(2)10(7,8)9/h4-5H,3H2,1-2H3. The first kappa shape index (κ1) is 10.7. The van der Waals surface area contributed by atoms with Gasteiger partial charge in [0.25, 0.3) is 0 Å². The van der Waals surface area contributed by atoms with E-state index in [1.165, 1.54) is 0 Å². The largest absolute Gasteiger partial charge is 0.236 e. The lowest BCUT2D eigenvalue weighted by molar-refractivity contribution is 0.593. The Hall–Kier alpha value is 0.720. The third kappa shape index (κ3) is 3.21. The monoisotopic (exact) mass is 248 g/mol. The fourth-order valence-electron chi connectivity index (χ4n) is 0.508. The molecular formula is C5H10BrClO2S. The quantitative estimate of drug-likeness (QED) is 0.567. The highest BCUT2D eigenvalue weighted by atomic mass is 79.9. The maximum absolute atomic E-state index is 10.7. The number of hydrogen-bond donors (Lipinski definition) is 0. The number of rotatable bonds is 3. The van der Waals surface area contributed by atoms with Crippen LogP contribution in [0.5, 0.6) is 0 Å². The van der Waals surface area contributed by atoms with Gasteiger partial charge in [-0.15, -0.1) is 0 Å². The van der Waals surface area contributed by atoms with Crippen molar-refractivity contribution in [3.63, 3.8) is 0 Å². The predicted molar refractivity (Wildman–Crippen MR) is 47.2 cm³/mol. The van der Waals surface area contributed by atoms with Crippen LogP contribution in [0.1, 0.15) is 20.3 Å². The molecule has 2 unspecified atom stereocenters. The van der Waals surface area contributed by atoms with Gasteiger partial charge in [-0.2, -0.15) is 0 Å². The Morgan fingerprint density at radius 2 is 2.00 bits per heavy atom. The van der Waals surface area contributed by atoms with Gasteiger partial charge in [-0.3, -0.25) is 0 Å². The van der Waals surface area contributed by atoms with Gasteiger partial charge in [0.05, 0.1) is 5.25 Å². The van der Waals surface area contributed by atoms with Crippen LogP contribution in [-0.2, 0) is 9.05 Å². The van der Waals surface area contributed by atoms with E-state index in [1.54, 1.807) is 6.92 Å². The predicted octanol–water partition coefficient (Wildman–Crippen LogP) is 2.12. The van der Waals surface area contributed by atoms with Gasteiger partial charge in [0.1, 0.15) is 0 Å². The Morgan fingerprint density at radius 3 is 2.10 bits per heavy atom. The van der Waals surface area contributed by atoms with Crippen LogP contribution in [0.25, 0.3) is 0 Å². The lowest BCUT2D eigenvalue weighted by Crippen LogP contribution is -2.22. The smallest absolute Gasteiger partial charge is 0.212 e. The Balaban J connectivity index is 4.23. The molecule has 0 saturated carbocycles. The minimum absolute atomic E-state index is 0.0463. The van der Waals surface area contributed by atoms with E-state index in [2.05, 4.69) is 15.9 Å². The lowest BCUT2D eigenvalue weighted by Gasteiger charge is -2.11. The fourth-order valence-corrected chi connectivity index (χ4v) is 2.65. The van der Waals surface area contributed by atoms with Crippen molar-refractivity contribution in [2.24, 2.45) is 0 Å². The van der Waals surface area contributed by atoms with Crippen molar-refractivity contribution < 1.29 is 8.42 Å². The van der Waals surface area contributed by atoms with Gasteiger partial charge in [-0.05, 0) is 13.3 Å². The summed E-state index contributed by atoms with van der Waals surface area (Å²) in [6.45, 7) is 3.49. The molecule has 2 nitrogen and oxygen atoms in total. The molecule has 0 aliphatic heterocycles. The third-order valence-electron chi connectivity index (χ3n) is 1.34. The van der Waals surface area contributed by atoms with Crippen LogP contribution in [-0.4, -0.2) is 18.5 Å². The van der Waals surface area contributed by atoms with Gasteiger partial charge in [0, 0.05) is 15.5 Å². The zero-order chi connectivity index (χ0) is 8.36. The summed E-state index contributed by atoms with van der Waals surface area (Å²) in [5, 5.41) is -0.515. The molecule has 0 aliphatic rings. The summed E-state index contributed by atoms with van der Waals surface area (Å²) in [7, 11) is 1.71. The van der Waals surface area contributed by atoms with E-state index >= 15 is 0 Å². The molecule has 0 rings (SSSR count). The summed E-state index contributed by atoms with van der Waals surface area (Å²) in [5.41, 5.74) is 0. The van der Waals surface area contributed by atoms with E-state index in [1.807, 2.05) is 6.92 Å². The Labute approximate surface area is 74.5 Å². The van der Waals surface area contributed by atoms with Crippen LogP contribution in [0.15, 0.2) is 0 Å². The minimum atomic E-state index is -3.39. The van der Waals surface area contributed by atoms with Crippen molar-refractivity contribution in [1.29, 1.82) is 0 Å². The highest BCUT2D eigenvalue weighted by Gasteiger charge is 2.23. The number of halogens is 2. The van der Waals surface area contributed by atoms with E-state index in [0.29, 0.717) is 0 Å². The summed E-state index contributed by atoms with van der Waals surface area (Å²) in [6, 6.07) is 0. The van der Waals surface area contributed by atoms with E-state index in [4.69, 9.17) is 10.7 Å². The molecule has 0 N–H and O–H groups in total. The van der Waals surface area contributed by atoms with Crippen LogP contribution in [0.2, 0.25) is 0 Å². The summed E-state index contributed by atoms with van der Waals surface area (Å²) in [5.74, 6) is 0. The molecule has 0 aromatic carbocycles. The van der Waals surface area contributed by atoms with Crippen LogP contribution >= 0.6 is 26.6 Å². The topological polar surface area (TPSA) is 34.1 Å². The lowest BCUT2D eigenvalue weighted by atomic mass is 10.3. The summed E-state index contributed by atoms with van der Waals surface area (Å²) >= 11 is 3.21. The van der Waals surface area contributed by atoms with Crippen LogP contribution < -0.4 is 0 Å². The molecule has 10 heavy (non-hydrogen) atoms. The molecule has 0 fully saturated rings. The Morgan fingerprint density at radius 1 is 1.60 bits per heavy atom. The molecule has 0 heterocycles. The molecule has 0 aromatic heterocycles. The maximum atomic E-state index is 10.7. The zero-order valence-electron chi connectivity index (χ0n) is 5.84. The molecule has 62 valence electrons. The van der Waals surface area contributed by atoms with Crippen molar-refractivity contribution in [2.75, 3.05) is 0 Å². The van der Waals surface area contributed by atoms with Crippen LogP contribution in [0.3, 0.4) is 0 Å². The van der Waals surface area contributed by atoms with Crippen LogP contribution in [0.4, 0.5) is 0 Å². The average molecular weight is 250 g/mol. The second-order valence-corrected chi connectivity index (χ2v) is 6.27. The summed E-state index contributed by atoms with van der Waals surface area (Å²) < 4.78 is 21.3. The van der Waals surface area contributed by atoms with Crippen molar-refractivity contribution in [1.82, 2.24) is 0 Å². The minimum Gasteiger partial charge on any atom is -0.212 e. The van der Waals surface area contributed by atoms with E-state index in [-0.39, 0.29) is 4.83 Å². The maximum Gasteiger partial charge on any atom is 0.236 e. The van der Waals surface area contributed by atoms with Crippen LogP contribution in [0, 0.1) is 0 Å². The number of hydrogen-bond acceptors (Lipinski definition) is 2. The van der Waals surface area contributed by atoms with Crippen molar-refractivity contribution in [3.8, 4) is 0 Å². The summed E-state index contributed by atoms with van der Waals surface area (Å²) in [6.07, 6.45) is 0.757. The highest BCUT2D eigenvalue weighted by Crippen LogP contribution is 2.19.